The molecule has 0 saturated carbocycles. The Morgan fingerprint density at radius 2 is 1.65 bits per heavy atom. The van der Waals surface area contributed by atoms with Crippen LogP contribution < -0.4 is 15.5 Å². The highest BCUT2D eigenvalue weighted by Crippen LogP contribution is 2.31. The van der Waals surface area contributed by atoms with Gasteiger partial charge >= 0.3 is 11.8 Å². The van der Waals surface area contributed by atoms with Crippen molar-refractivity contribution in [2.75, 3.05) is 64.8 Å². The van der Waals surface area contributed by atoms with Gasteiger partial charge in [0.05, 0.1) is 6.04 Å². The summed E-state index contributed by atoms with van der Waals surface area (Å²) >= 11 is 0. The van der Waals surface area contributed by atoms with Gasteiger partial charge in [-0.15, -0.1) is 0 Å². The zero-order chi connectivity index (χ0) is 23.9. The molecule has 0 aliphatic carbocycles. The van der Waals surface area contributed by atoms with Crippen LogP contribution in [0.5, 0.6) is 0 Å². The highest BCUT2D eigenvalue weighted by atomic mass is 16.2. The SMILES string of the molecule is CN1CCN([C@@H](CNC(=O)C(=O)NCCc2ccccc2)c2ccc3c(c2)CCCN3C)CC1. The van der Waals surface area contributed by atoms with Crippen molar-refractivity contribution in [3.8, 4) is 0 Å². The van der Waals surface area contributed by atoms with E-state index in [1.807, 2.05) is 30.3 Å². The summed E-state index contributed by atoms with van der Waals surface area (Å²) < 4.78 is 0. The molecule has 2 amide bonds. The molecular formula is C27H37N5O2. The number of aryl methyl sites for hydroxylation is 1. The molecule has 1 saturated heterocycles. The van der Waals surface area contributed by atoms with Crippen LogP contribution >= 0.6 is 0 Å². The van der Waals surface area contributed by atoms with Crippen LogP contribution in [0, 0.1) is 0 Å². The van der Waals surface area contributed by atoms with Gasteiger partial charge in [0.25, 0.3) is 0 Å². The van der Waals surface area contributed by atoms with Crippen LogP contribution in [0.4, 0.5) is 5.69 Å². The number of carbonyl (C=O) groups is 2. The molecule has 2 heterocycles. The first-order valence-electron chi connectivity index (χ1n) is 12.4. The highest BCUT2D eigenvalue weighted by Gasteiger charge is 2.26. The molecule has 0 spiro atoms. The molecule has 0 unspecified atom stereocenters. The molecule has 1 atom stereocenters. The van der Waals surface area contributed by atoms with Gasteiger partial charge in [-0.3, -0.25) is 14.5 Å². The first-order chi connectivity index (χ1) is 16.5. The topological polar surface area (TPSA) is 67.9 Å². The van der Waals surface area contributed by atoms with Crippen LogP contribution in [-0.4, -0.2) is 81.5 Å². The van der Waals surface area contributed by atoms with Gasteiger partial charge < -0.3 is 20.4 Å². The number of likely N-dealkylation sites (N-methyl/N-ethyl adjacent to an activating group) is 1. The van der Waals surface area contributed by atoms with Gasteiger partial charge in [0.15, 0.2) is 0 Å². The summed E-state index contributed by atoms with van der Waals surface area (Å²) in [4.78, 5) is 32.0. The average Bonchev–Trinajstić information content (AvgIpc) is 2.86. The maximum absolute atomic E-state index is 12.6. The van der Waals surface area contributed by atoms with Gasteiger partial charge in [-0.05, 0) is 49.1 Å². The van der Waals surface area contributed by atoms with Gasteiger partial charge in [0.1, 0.15) is 0 Å². The Bertz CT molecular complexity index is 972. The van der Waals surface area contributed by atoms with E-state index in [2.05, 4.69) is 57.6 Å². The summed E-state index contributed by atoms with van der Waals surface area (Å²) in [6.07, 6.45) is 2.94. The number of carbonyl (C=O) groups excluding carboxylic acids is 2. The molecule has 0 aromatic heterocycles. The number of benzene rings is 2. The predicted octanol–water partition coefficient (Wildman–Crippen LogP) is 1.83. The number of nitrogens with zero attached hydrogens (tertiary/aromatic N) is 3. The van der Waals surface area contributed by atoms with Crippen LogP contribution in [-0.2, 0) is 22.4 Å². The first-order valence-corrected chi connectivity index (χ1v) is 12.4. The van der Waals surface area contributed by atoms with Gasteiger partial charge in [0, 0.05) is 58.5 Å². The largest absolute Gasteiger partial charge is 0.374 e. The molecule has 2 aliphatic heterocycles. The van der Waals surface area contributed by atoms with Crippen LogP contribution in [0.2, 0.25) is 0 Å². The highest BCUT2D eigenvalue weighted by molar-refractivity contribution is 6.35. The Morgan fingerprint density at radius 1 is 0.912 bits per heavy atom. The molecule has 7 nitrogen and oxygen atoms in total. The minimum absolute atomic E-state index is 0.0484. The molecule has 0 radical (unpaired) electrons. The van der Waals surface area contributed by atoms with E-state index in [1.165, 1.54) is 16.8 Å². The molecule has 2 aromatic carbocycles. The van der Waals surface area contributed by atoms with Crippen molar-refractivity contribution in [2.24, 2.45) is 0 Å². The number of piperazine rings is 1. The number of hydrogen-bond acceptors (Lipinski definition) is 5. The van der Waals surface area contributed by atoms with Crippen LogP contribution in [0.15, 0.2) is 48.5 Å². The van der Waals surface area contributed by atoms with Crippen molar-refractivity contribution in [2.45, 2.75) is 25.3 Å². The smallest absolute Gasteiger partial charge is 0.309 e. The minimum Gasteiger partial charge on any atom is -0.374 e. The van der Waals surface area contributed by atoms with Crippen molar-refractivity contribution in [3.05, 3.63) is 65.2 Å². The third-order valence-electron chi connectivity index (χ3n) is 7.02. The summed E-state index contributed by atoms with van der Waals surface area (Å²) in [5.41, 5.74) is 5.02. The van der Waals surface area contributed by atoms with Crippen LogP contribution in [0.3, 0.4) is 0 Å². The Kier molecular flexibility index (Phi) is 8.19. The quantitative estimate of drug-likeness (QED) is 0.614. The normalized spacial score (nSPS) is 17.6. The molecule has 34 heavy (non-hydrogen) atoms. The fraction of sp³-hybridized carbons (Fsp3) is 0.481. The molecule has 7 heteroatoms. The predicted molar refractivity (Wildman–Crippen MR) is 136 cm³/mol. The Balaban J connectivity index is 1.38. The zero-order valence-corrected chi connectivity index (χ0v) is 20.4. The summed E-state index contributed by atoms with van der Waals surface area (Å²) in [7, 11) is 4.29. The average molecular weight is 464 g/mol. The summed E-state index contributed by atoms with van der Waals surface area (Å²) in [5, 5.41) is 5.66. The maximum atomic E-state index is 12.6. The number of hydrogen-bond donors (Lipinski definition) is 2. The Morgan fingerprint density at radius 3 is 2.41 bits per heavy atom. The number of nitrogens with one attached hydrogen (secondary N) is 2. The van der Waals surface area contributed by atoms with Crippen molar-refractivity contribution in [1.29, 1.82) is 0 Å². The number of fused-ring (bicyclic) bond motifs is 1. The van der Waals surface area contributed by atoms with E-state index < -0.39 is 11.8 Å². The van der Waals surface area contributed by atoms with E-state index in [9.17, 15) is 9.59 Å². The van der Waals surface area contributed by atoms with Crippen molar-refractivity contribution in [3.63, 3.8) is 0 Å². The van der Waals surface area contributed by atoms with E-state index >= 15 is 0 Å². The maximum Gasteiger partial charge on any atom is 0.309 e. The van der Waals surface area contributed by atoms with Gasteiger partial charge in [-0.1, -0.05) is 42.5 Å². The summed E-state index contributed by atoms with van der Waals surface area (Å²) in [6, 6.07) is 16.7. The number of amides is 2. The van der Waals surface area contributed by atoms with Gasteiger partial charge in [-0.25, -0.2) is 0 Å². The standard InChI is InChI=1S/C27H37N5O2/c1-30-15-17-32(18-16-30)25(23-10-11-24-22(19-23)9-6-14-31(24)2)20-29-27(34)26(33)28-13-12-21-7-4-3-5-8-21/h3-5,7-8,10-11,19,25H,6,9,12-18,20H2,1-2H3,(H,28,33)(H,29,34)/t25-/m0/s1. The third-order valence-corrected chi connectivity index (χ3v) is 7.02. The van der Waals surface area contributed by atoms with E-state index in [-0.39, 0.29) is 6.04 Å². The Labute approximate surface area is 203 Å². The number of rotatable bonds is 7. The lowest BCUT2D eigenvalue weighted by Gasteiger charge is -2.39. The lowest BCUT2D eigenvalue weighted by atomic mass is 9.95. The first kappa shape index (κ1) is 24.2. The second-order valence-corrected chi connectivity index (χ2v) is 9.47. The zero-order valence-electron chi connectivity index (χ0n) is 20.4. The van der Waals surface area contributed by atoms with Gasteiger partial charge in [0.2, 0.25) is 0 Å². The van der Waals surface area contributed by atoms with Crippen molar-refractivity contribution in [1.82, 2.24) is 20.4 Å². The second kappa shape index (κ2) is 11.5. The molecule has 4 rings (SSSR count). The van der Waals surface area contributed by atoms with Gasteiger partial charge in [-0.2, -0.15) is 0 Å². The lowest BCUT2D eigenvalue weighted by Crippen LogP contribution is -2.50. The van der Waals surface area contributed by atoms with E-state index in [0.29, 0.717) is 19.5 Å². The molecule has 2 N–H and O–H groups in total. The minimum atomic E-state index is -0.569. The van der Waals surface area contributed by atoms with E-state index in [4.69, 9.17) is 0 Å². The molecule has 0 bridgehead atoms. The Hall–Kier alpha value is -2.90. The lowest BCUT2D eigenvalue weighted by molar-refractivity contribution is -0.139. The molecular weight excluding hydrogens is 426 g/mol. The molecule has 2 aromatic rings. The molecule has 2 aliphatic rings. The molecule has 182 valence electrons. The summed E-state index contributed by atoms with van der Waals surface area (Å²) in [6.45, 7) is 5.83. The number of anilines is 1. The van der Waals surface area contributed by atoms with Crippen molar-refractivity contribution < 1.29 is 9.59 Å². The monoisotopic (exact) mass is 463 g/mol. The van der Waals surface area contributed by atoms with Crippen molar-refractivity contribution >= 4 is 17.5 Å². The second-order valence-electron chi connectivity index (χ2n) is 9.47. The molecule has 1 fully saturated rings. The van der Waals surface area contributed by atoms with E-state index in [0.717, 1.165) is 51.1 Å². The summed E-state index contributed by atoms with van der Waals surface area (Å²) in [5.74, 6) is -1.13. The van der Waals surface area contributed by atoms with Crippen LogP contribution in [0.1, 0.15) is 29.2 Å². The fourth-order valence-electron chi connectivity index (χ4n) is 4.92. The van der Waals surface area contributed by atoms with E-state index in [1.54, 1.807) is 0 Å². The third kappa shape index (κ3) is 6.15. The fourth-order valence-corrected chi connectivity index (χ4v) is 4.92. The van der Waals surface area contributed by atoms with Crippen LogP contribution in [0.25, 0.3) is 0 Å².